The third-order valence-corrected chi connectivity index (χ3v) is 4.97. The molecule has 0 saturated carbocycles. The fourth-order valence-electron chi connectivity index (χ4n) is 3.21. The summed E-state index contributed by atoms with van der Waals surface area (Å²) in [4.78, 5) is 24.5. The lowest BCUT2D eigenvalue weighted by Crippen LogP contribution is -2.27. The van der Waals surface area contributed by atoms with Gasteiger partial charge in [0, 0.05) is 12.6 Å². The SMILES string of the molecule is [C-]#[N+]c1ccc(C(=O)Cc2cccc([C@](C)(N=C(N)OC)c3ccc(F)cc3)c2)nc1. The van der Waals surface area contributed by atoms with Crippen molar-refractivity contribution in [2.75, 3.05) is 7.11 Å². The molecule has 1 aromatic heterocycles. The molecule has 2 aromatic carbocycles. The topological polar surface area (TPSA) is 81.9 Å². The monoisotopic (exact) mass is 416 g/mol. The number of pyridine rings is 1. The predicted molar refractivity (Wildman–Crippen MR) is 116 cm³/mol. The average molecular weight is 416 g/mol. The van der Waals surface area contributed by atoms with E-state index >= 15 is 0 Å². The van der Waals surface area contributed by atoms with Crippen LogP contribution in [-0.2, 0) is 16.7 Å². The molecule has 7 heteroatoms. The van der Waals surface area contributed by atoms with Crippen molar-refractivity contribution >= 4 is 17.5 Å². The number of methoxy groups -OCH3 is 1. The molecule has 0 amide bonds. The number of ketones is 1. The van der Waals surface area contributed by atoms with Gasteiger partial charge >= 0.3 is 0 Å². The summed E-state index contributed by atoms with van der Waals surface area (Å²) in [5.74, 6) is -0.525. The van der Waals surface area contributed by atoms with Crippen LogP contribution in [0.4, 0.5) is 10.1 Å². The number of halogens is 1. The number of carbonyl (C=O) groups is 1. The Morgan fingerprint density at radius 1 is 1.19 bits per heavy atom. The summed E-state index contributed by atoms with van der Waals surface area (Å²) in [6.07, 6.45) is 1.51. The number of nitrogens with zero attached hydrogens (tertiary/aromatic N) is 3. The van der Waals surface area contributed by atoms with Gasteiger partial charge in [-0.05, 0) is 41.8 Å². The minimum absolute atomic E-state index is 0.0163. The van der Waals surface area contributed by atoms with Crippen LogP contribution in [0.15, 0.2) is 71.9 Å². The van der Waals surface area contributed by atoms with Gasteiger partial charge in [-0.3, -0.25) is 9.78 Å². The lowest BCUT2D eigenvalue weighted by Gasteiger charge is -2.27. The summed E-state index contributed by atoms with van der Waals surface area (Å²) in [5.41, 5.74) is 7.81. The molecule has 31 heavy (non-hydrogen) atoms. The summed E-state index contributed by atoms with van der Waals surface area (Å²) in [6, 6.07) is 16.5. The zero-order chi connectivity index (χ0) is 22.4. The highest BCUT2D eigenvalue weighted by Crippen LogP contribution is 2.34. The van der Waals surface area contributed by atoms with Crippen molar-refractivity contribution in [3.05, 3.63) is 106 Å². The lowest BCUT2D eigenvalue weighted by molar-refractivity contribution is 0.0988. The van der Waals surface area contributed by atoms with Gasteiger partial charge in [-0.25, -0.2) is 14.2 Å². The Bertz CT molecular complexity index is 1150. The van der Waals surface area contributed by atoms with Crippen molar-refractivity contribution in [1.29, 1.82) is 0 Å². The number of nitrogens with two attached hydrogens (primary N) is 1. The van der Waals surface area contributed by atoms with E-state index in [4.69, 9.17) is 17.0 Å². The standard InChI is InChI=1S/C24H21FN4O2/c1-24(29-23(26)31-3,17-7-9-19(25)10-8-17)18-6-4-5-16(13-18)14-22(30)21-12-11-20(27-2)15-28-21/h4-13,15H,14H2,1,3H3,(H2,26,29)/t24-/m1/s1. The van der Waals surface area contributed by atoms with E-state index in [-0.39, 0.29) is 24.0 Å². The van der Waals surface area contributed by atoms with Crippen LogP contribution in [-0.4, -0.2) is 23.9 Å². The van der Waals surface area contributed by atoms with Gasteiger partial charge in [0.05, 0.1) is 13.7 Å². The molecule has 0 unspecified atom stereocenters. The van der Waals surface area contributed by atoms with Crippen LogP contribution in [0.1, 0.15) is 34.1 Å². The first-order chi connectivity index (χ1) is 14.9. The number of ether oxygens (including phenoxy) is 1. The van der Waals surface area contributed by atoms with Crippen molar-refractivity contribution < 1.29 is 13.9 Å². The van der Waals surface area contributed by atoms with Gasteiger partial charge in [-0.1, -0.05) is 42.5 Å². The first-order valence-corrected chi connectivity index (χ1v) is 9.47. The number of hydrogen-bond donors (Lipinski definition) is 1. The number of aliphatic imine (C=N–C) groups is 1. The minimum atomic E-state index is -0.956. The highest BCUT2D eigenvalue weighted by atomic mass is 19.1. The van der Waals surface area contributed by atoms with Gasteiger partial charge in [0.15, 0.2) is 5.78 Å². The fourth-order valence-corrected chi connectivity index (χ4v) is 3.21. The van der Waals surface area contributed by atoms with E-state index < -0.39 is 5.54 Å². The van der Waals surface area contributed by atoms with Crippen molar-refractivity contribution in [1.82, 2.24) is 4.98 Å². The first-order valence-electron chi connectivity index (χ1n) is 9.47. The smallest absolute Gasteiger partial charge is 0.282 e. The molecule has 0 aliphatic heterocycles. The van der Waals surface area contributed by atoms with Gasteiger partial charge in [-0.15, -0.1) is 0 Å². The van der Waals surface area contributed by atoms with Gasteiger partial charge in [0.1, 0.15) is 17.1 Å². The quantitative estimate of drug-likeness (QED) is 0.279. The summed E-state index contributed by atoms with van der Waals surface area (Å²) < 4.78 is 18.5. The Kier molecular flexibility index (Phi) is 6.41. The maximum absolute atomic E-state index is 13.5. The van der Waals surface area contributed by atoms with Gasteiger partial charge < -0.3 is 10.5 Å². The Balaban J connectivity index is 1.96. The van der Waals surface area contributed by atoms with E-state index in [0.717, 1.165) is 11.1 Å². The number of amidine groups is 1. The molecule has 0 radical (unpaired) electrons. The minimum Gasteiger partial charge on any atom is -0.469 e. The van der Waals surface area contributed by atoms with Crippen molar-refractivity contribution in [2.45, 2.75) is 18.9 Å². The van der Waals surface area contributed by atoms with Crippen LogP contribution >= 0.6 is 0 Å². The van der Waals surface area contributed by atoms with Crippen molar-refractivity contribution in [3.8, 4) is 0 Å². The molecule has 0 aliphatic carbocycles. The molecule has 2 N–H and O–H groups in total. The van der Waals surface area contributed by atoms with E-state index in [9.17, 15) is 9.18 Å². The highest BCUT2D eigenvalue weighted by Gasteiger charge is 2.30. The Morgan fingerprint density at radius 3 is 2.55 bits per heavy atom. The maximum Gasteiger partial charge on any atom is 0.282 e. The molecular formula is C24H21FN4O2. The Hall–Kier alpha value is -4.05. The van der Waals surface area contributed by atoms with Gasteiger partial charge in [-0.2, -0.15) is 0 Å². The molecule has 0 bridgehead atoms. The number of benzene rings is 2. The van der Waals surface area contributed by atoms with Crippen LogP contribution in [0.2, 0.25) is 0 Å². The third-order valence-electron chi connectivity index (χ3n) is 4.97. The van der Waals surface area contributed by atoms with E-state index in [1.165, 1.54) is 25.4 Å². The molecule has 156 valence electrons. The van der Waals surface area contributed by atoms with E-state index in [1.807, 2.05) is 31.2 Å². The molecule has 3 rings (SSSR count). The van der Waals surface area contributed by atoms with Crippen LogP contribution in [0.5, 0.6) is 0 Å². The van der Waals surface area contributed by atoms with Gasteiger partial charge in [0.2, 0.25) is 5.69 Å². The molecule has 0 fully saturated rings. The van der Waals surface area contributed by atoms with Crippen LogP contribution in [0, 0.1) is 12.4 Å². The second-order valence-corrected chi connectivity index (χ2v) is 7.05. The van der Waals surface area contributed by atoms with Crippen LogP contribution in [0.3, 0.4) is 0 Å². The van der Waals surface area contributed by atoms with E-state index in [2.05, 4.69) is 14.8 Å². The molecule has 1 atom stereocenters. The van der Waals surface area contributed by atoms with Crippen LogP contribution < -0.4 is 5.73 Å². The maximum atomic E-state index is 13.5. The Labute approximate surface area is 180 Å². The summed E-state index contributed by atoms with van der Waals surface area (Å²) in [5, 5.41) is 0. The number of Topliss-reactive ketones (excluding diaryl/α,β-unsaturated/α-hetero) is 1. The number of aromatic nitrogens is 1. The first kappa shape index (κ1) is 21.7. The summed E-state index contributed by atoms with van der Waals surface area (Å²) in [7, 11) is 1.42. The van der Waals surface area contributed by atoms with E-state index in [0.29, 0.717) is 16.9 Å². The largest absolute Gasteiger partial charge is 0.469 e. The third kappa shape index (κ3) is 4.93. The second kappa shape index (κ2) is 9.18. The molecule has 3 aromatic rings. The summed E-state index contributed by atoms with van der Waals surface area (Å²) >= 11 is 0. The second-order valence-electron chi connectivity index (χ2n) is 7.05. The number of rotatable bonds is 6. The predicted octanol–water partition coefficient (Wildman–Crippen LogP) is 4.42. The molecule has 0 aliphatic rings. The fraction of sp³-hybridized carbons (Fsp3) is 0.167. The average Bonchev–Trinajstić information content (AvgIpc) is 2.79. The number of carbonyl (C=O) groups excluding carboxylic acids is 1. The molecule has 1 heterocycles. The van der Waals surface area contributed by atoms with Crippen molar-refractivity contribution in [3.63, 3.8) is 0 Å². The normalized spacial score (nSPS) is 13.2. The van der Waals surface area contributed by atoms with Crippen molar-refractivity contribution in [2.24, 2.45) is 10.7 Å². The molecular weight excluding hydrogens is 395 g/mol. The van der Waals surface area contributed by atoms with Gasteiger partial charge in [0.25, 0.3) is 6.02 Å². The molecule has 0 spiro atoms. The van der Waals surface area contributed by atoms with E-state index in [1.54, 1.807) is 24.3 Å². The highest BCUT2D eigenvalue weighted by molar-refractivity contribution is 5.96. The Morgan fingerprint density at radius 2 is 1.94 bits per heavy atom. The molecule has 0 saturated heterocycles. The lowest BCUT2D eigenvalue weighted by atomic mass is 9.84. The summed E-state index contributed by atoms with van der Waals surface area (Å²) in [6.45, 7) is 8.82. The zero-order valence-corrected chi connectivity index (χ0v) is 17.2. The van der Waals surface area contributed by atoms with Crippen LogP contribution in [0.25, 0.3) is 4.85 Å². The zero-order valence-electron chi connectivity index (χ0n) is 17.2. The molecule has 6 nitrogen and oxygen atoms in total. The number of hydrogen-bond acceptors (Lipinski definition) is 4.